The number of amides is 1. The number of nitrogens with zero attached hydrogens (tertiary/aromatic N) is 1. The zero-order chi connectivity index (χ0) is 15.8. The van der Waals surface area contributed by atoms with Gasteiger partial charge in [0.15, 0.2) is 0 Å². The van der Waals surface area contributed by atoms with Crippen LogP contribution in [-0.2, 0) is 14.3 Å². The van der Waals surface area contributed by atoms with Gasteiger partial charge in [-0.2, -0.15) is 0 Å². The maximum atomic E-state index is 11.3. The molecule has 0 spiro atoms. The van der Waals surface area contributed by atoms with Crippen molar-refractivity contribution in [1.29, 1.82) is 0 Å². The molecule has 0 aliphatic rings. The molecule has 1 amide bonds. The Labute approximate surface area is 125 Å². The topological polar surface area (TPSA) is 84.7 Å². The van der Waals surface area contributed by atoms with Gasteiger partial charge in [-0.25, -0.2) is 0 Å². The van der Waals surface area contributed by atoms with Crippen molar-refractivity contribution in [2.24, 2.45) is 0 Å². The molecule has 0 aliphatic heterocycles. The van der Waals surface area contributed by atoms with Gasteiger partial charge >= 0.3 is 5.97 Å². The van der Waals surface area contributed by atoms with E-state index in [4.69, 9.17) is 5.73 Å². The van der Waals surface area contributed by atoms with E-state index in [1.165, 1.54) is 14.0 Å². The largest absolute Gasteiger partial charge is 0.469 e. The smallest absolute Gasteiger partial charge is 0.307 e. The maximum absolute atomic E-state index is 11.3. The molecular weight excluding hydrogens is 270 g/mol. The van der Waals surface area contributed by atoms with Crippen LogP contribution in [0, 0.1) is 0 Å². The van der Waals surface area contributed by atoms with E-state index in [2.05, 4.69) is 21.9 Å². The highest BCUT2D eigenvalue weighted by Gasteiger charge is 2.11. The highest BCUT2D eigenvalue weighted by Crippen LogP contribution is 2.26. The fourth-order valence-electron chi connectivity index (χ4n) is 2.01. The number of esters is 1. The molecule has 0 saturated carbocycles. The molecule has 0 fully saturated rings. The third-order valence-corrected chi connectivity index (χ3v) is 3.02. The summed E-state index contributed by atoms with van der Waals surface area (Å²) in [6.45, 7) is 4.87. The van der Waals surface area contributed by atoms with Crippen LogP contribution in [0.15, 0.2) is 18.2 Å². The predicted octanol–water partition coefficient (Wildman–Crippen LogP) is 2.01. The van der Waals surface area contributed by atoms with E-state index in [1.54, 1.807) is 6.07 Å². The fourth-order valence-corrected chi connectivity index (χ4v) is 2.01. The normalized spacial score (nSPS) is 10.0. The zero-order valence-corrected chi connectivity index (χ0v) is 12.8. The molecule has 1 rings (SSSR count). The summed E-state index contributed by atoms with van der Waals surface area (Å²) in [5, 5.41) is 2.70. The first-order valence-electron chi connectivity index (χ1n) is 6.96. The lowest BCUT2D eigenvalue weighted by molar-refractivity contribution is -0.140. The first-order chi connectivity index (χ1) is 9.97. The Kier molecular flexibility index (Phi) is 6.52. The summed E-state index contributed by atoms with van der Waals surface area (Å²) in [5.41, 5.74) is 7.86. The van der Waals surface area contributed by atoms with E-state index in [0.29, 0.717) is 24.3 Å². The third-order valence-electron chi connectivity index (χ3n) is 3.02. The Balaban J connectivity index is 2.91. The van der Waals surface area contributed by atoms with Crippen molar-refractivity contribution < 1.29 is 14.3 Å². The van der Waals surface area contributed by atoms with E-state index in [9.17, 15) is 9.59 Å². The predicted molar refractivity (Wildman–Crippen MR) is 84.3 cm³/mol. The lowest BCUT2D eigenvalue weighted by Crippen LogP contribution is -2.27. The summed E-state index contributed by atoms with van der Waals surface area (Å²) >= 11 is 0. The molecule has 0 saturated heterocycles. The molecule has 21 heavy (non-hydrogen) atoms. The van der Waals surface area contributed by atoms with Gasteiger partial charge < -0.3 is 20.7 Å². The number of nitrogens with one attached hydrogen (secondary N) is 1. The lowest BCUT2D eigenvalue weighted by atomic mass is 10.2. The van der Waals surface area contributed by atoms with Crippen molar-refractivity contribution in [1.82, 2.24) is 0 Å². The van der Waals surface area contributed by atoms with E-state index < -0.39 is 0 Å². The van der Waals surface area contributed by atoms with Crippen LogP contribution < -0.4 is 16.0 Å². The van der Waals surface area contributed by atoms with Crippen molar-refractivity contribution in [3.05, 3.63) is 18.2 Å². The van der Waals surface area contributed by atoms with Crippen LogP contribution >= 0.6 is 0 Å². The molecule has 6 nitrogen and oxygen atoms in total. The molecule has 0 heterocycles. The molecule has 3 N–H and O–H groups in total. The minimum absolute atomic E-state index is 0.171. The molecule has 0 aromatic heterocycles. The first-order valence-corrected chi connectivity index (χ1v) is 6.96. The van der Waals surface area contributed by atoms with Gasteiger partial charge in [-0.05, 0) is 24.6 Å². The van der Waals surface area contributed by atoms with Crippen LogP contribution in [-0.4, -0.2) is 32.1 Å². The van der Waals surface area contributed by atoms with Crippen molar-refractivity contribution in [3.8, 4) is 0 Å². The number of ether oxygens (including phenoxy) is 1. The van der Waals surface area contributed by atoms with E-state index in [1.807, 2.05) is 12.1 Å². The minimum atomic E-state index is -0.242. The quantitative estimate of drug-likeness (QED) is 0.593. The molecule has 1 aromatic rings. The number of carbonyl (C=O) groups excluding carboxylic acids is 2. The third kappa shape index (κ3) is 5.33. The van der Waals surface area contributed by atoms with Gasteiger partial charge in [0.1, 0.15) is 0 Å². The lowest BCUT2D eigenvalue weighted by Gasteiger charge is -2.25. The van der Waals surface area contributed by atoms with Gasteiger partial charge in [-0.15, -0.1) is 0 Å². The van der Waals surface area contributed by atoms with Gasteiger partial charge in [-0.1, -0.05) is 6.92 Å². The van der Waals surface area contributed by atoms with Crippen molar-refractivity contribution in [2.45, 2.75) is 26.7 Å². The van der Waals surface area contributed by atoms with Crippen LogP contribution in [0.5, 0.6) is 0 Å². The van der Waals surface area contributed by atoms with Crippen LogP contribution in [0.2, 0.25) is 0 Å². The molecule has 1 aromatic carbocycles. The molecule has 116 valence electrons. The van der Waals surface area contributed by atoms with E-state index in [0.717, 1.165) is 18.7 Å². The average Bonchev–Trinajstić information content (AvgIpc) is 2.45. The van der Waals surface area contributed by atoms with Gasteiger partial charge in [0.25, 0.3) is 0 Å². The Morgan fingerprint density at radius 3 is 2.62 bits per heavy atom. The van der Waals surface area contributed by atoms with Crippen LogP contribution in [0.3, 0.4) is 0 Å². The van der Waals surface area contributed by atoms with Crippen molar-refractivity contribution >= 4 is 28.9 Å². The Morgan fingerprint density at radius 1 is 1.33 bits per heavy atom. The Morgan fingerprint density at radius 2 is 2.05 bits per heavy atom. The number of benzene rings is 1. The second-order valence-corrected chi connectivity index (χ2v) is 4.77. The summed E-state index contributed by atoms with van der Waals surface area (Å²) in [4.78, 5) is 24.5. The zero-order valence-electron chi connectivity index (χ0n) is 12.8. The molecule has 0 bridgehead atoms. The van der Waals surface area contributed by atoms with Crippen LogP contribution in [0.25, 0.3) is 0 Å². The maximum Gasteiger partial charge on any atom is 0.307 e. The average molecular weight is 293 g/mol. The monoisotopic (exact) mass is 293 g/mol. The number of hydrogen-bond acceptors (Lipinski definition) is 5. The second-order valence-electron chi connectivity index (χ2n) is 4.77. The summed E-state index contributed by atoms with van der Waals surface area (Å²) in [6, 6.07) is 5.46. The number of rotatable bonds is 7. The van der Waals surface area contributed by atoms with Crippen LogP contribution in [0.4, 0.5) is 17.1 Å². The van der Waals surface area contributed by atoms with E-state index in [-0.39, 0.29) is 11.9 Å². The summed E-state index contributed by atoms with van der Waals surface area (Å²) in [6.07, 6.45) is 1.26. The van der Waals surface area contributed by atoms with Gasteiger partial charge in [0.2, 0.25) is 5.91 Å². The highest BCUT2D eigenvalue weighted by molar-refractivity contribution is 5.93. The van der Waals surface area contributed by atoms with Gasteiger partial charge in [0, 0.05) is 25.7 Å². The number of nitrogens with two attached hydrogens (primary N) is 1. The van der Waals surface area contributed by atoms with Gasteiger partial charge in [0.05, 0.1) is 24.9 Å². The Bertz CT molecular complexity index is 503. The van der Waals surface area contributed by atoms with E-state index >= 15 is 0 Å². The van der Waals surface area contributed by atoms with Crippen molar-refractivity contribution in [2.75, 3.05) is 36.1 Å². The standard InChI is InChI=1S/C15H23N3O3/c1-4-8-18(9-7-15(20)21-3)12-5-6-13(16)14(10-12)17-11(2)19/h5-6,10H,4,7-9,16H2,1-3H3,(H,17,19). The number of carbonyl (C=O) groups is 2. The summed E-state index contributed by atoms with van der Waals surface area (Å²) in [7, 11) is 1.38. The molecule has 0 aliphatic carbocycles. The Hall–Kier alpha value is -2.24. The van der Waals surface area contributed by atoms with Crippen molar-refractivity contribution in [3.63, 3.8) is 0 Å². The number of nitrogen functional groups attached to an aromatic ring is 1. The van der Waals surface area contributed by atoms with Gasteiger partial charge in [-0.3, -0.25) is 9.59 Å². The fraction of sp³-hybridized carbons (Fsp3) is 0.467. The minimum Gasteiger partial charge on any atom is -0.469 e. The van der Waals surface area contributed by atoms with Crippen LogP contribution in [0.1, 0.15) is 26.7 Å². The highest BCUT2D eigenvalue weighted by atomic mass is 16.5. The SMILES string of the molecule is CCCN(CCC(=O)OC)c1ccc(N)c(NC(C)=O)c1. The molecular formula is C15H23N3O3. The molecule has 0 unspecified atom stereocenters. The summed E-state index contributed by atoms with van der Waals surface area (Å²) in [5.74, 6) is -0.413. The molecule has 6 heteroatoms. The molecule has 0 atom stereocenters. The number of hydrogen-bond donors (Lipinski definition) is 2. The number of anilines is 3. The number of methoxy groups -OCH3 is 1. The second kappa shape index (κ2) is 8.14. The summed E-state index contributed by atoms with van der Waals surface area (Å²) < 4.78 is 4.67. The molecule has 0 radical (unpaired) electrons. The first kappa shape index (κ1) is 16.8.